The number of hydrogen-bond donors (Lipinski definition) is 0. The molecule has 0 amide bonds. The van der Waals surface area contributed by atoms with Gasteiger partial charge >= 0.3 is 0 Å². The molecule has 2 aromatic heterocycles. The van der Waals surface area contributed by atoms with Gasteiger partial charge in [-0.05, 0) is 75.0 Å². The highest BCUT2D eigenvalue weighted by Crippen LogP contribution is 2.43. The Bertz CT molecular complexity index is 3200. The van der Waals surface area contributed by atoms with Crippen molar-refractivity contribution in [2.75, 3.05) is 0 Å². The molecule has 10 aromatic rings. The Hall–Kier alpha value is -6.88. The highest BCUT2D eigenvalue weighted by Gasteiger charge is 2.22. The Kier molecular flexibility index (Phi) is 7.42. The molecule has 0 saturated heterocycles. The maximum Gasteiger partial charge on any atom is 0.160 e. The van der Waals surface area contributed by atoms with Crippen LogP contribution >= 0.6 is 11.3 Å². The Morgan fingerprint density at radius 3 is 1.95 bits per heavy atom. The van der Waals surface area contributed by atoms with Crippen molar-refractivity contribution in [2.45, 2.75) is 6.42 Å². The first kappa shape index (κ1) is 31.6. The van der Waals surface area contributed by atoms with Gasteiger partial charge in [-0.25, -0.2) is 9.98 Å². The van der Waals surface area contributed by atoms with Gasteiger partial charge in [0.05, 0.1) is 11.4 Å². The van der Waals surface area contributed by atoms with Gasteiger partial charge in [0.25, 0.3) is 0 Å². The maximum atomic E-state index is 6.81. The standard InChI is InChI=1S/C51H32N2OS/c1-3-11-32(12-4-1)33-19-21-36(22-20-33)44-28-27-43(35-14-5-2-6-15-35)52-51(53-44)41-26-25-39(50-49(41)40-17-9-10-18-45(40)54-50)37-24-29-46-42(31-37)48-38-16-8-7-13-34(38)23-30-47(48)55-46/h1-26,28-31H,27H2. The van der Waals surface area contributed by atoms with Crippen molar-refractivity contribution in [1.29, 1.82) is 0 Å². The normalized spacial score (nSPS) is 13.3. The minimum Gasteiger partial charge on any atom is -0.455 e. The fraction of sp³-hybridized carbons (Fsp3) is 0.0196. The van der Waals surface area contributed by atoms with E-state index in [1.807, 2.05) is 29.5 Å². The molecular formula is C51H32N2OS. The lowest BCUT2D eigenvalue weighted by molar-refractivity contribution is 0.670. The number of furan rings is 1. The number of hydrogen-bond acceptors (Lipinski definition) is 4. The lowest BCUT2D eigenvalue weighted by atomic mass is 9.96. The molecule has 258 valence electrons. The summed E-state index contributed by atoms with van der Waals surface area (Å²) >= 11 is 1.85. The van der Waals surface area contributed by atoms with Crippen molar-refractivity contribution in [3.8, 4) is 22.3 Å². The van der Waals surface area contributed by atoms with Gasteiger partial charge in [-0.15, -0.1) is 11.3 Å². The average Bonchev–Trinajstić information content (AvgIpc) is 3.75. The Balaban J connectivity index is 1.11. The second kappa shape index (κ2) is 12.9. The second-order valence-electron chi connectivity index (χ2n) is 14.0. The molecule has 0 bridgehead atoms. The third-order valence-corrected chi connectivity index (χ3v) is 11.9. The molecule has 3 heterocycles. The van der Waals surface area contributed by atoms with Crippen molar-refractivity contribution in [3.63, 3.8) is 0 Å². The van der Waals surface area contributed by atoms with Crippen LogP contribution in [0.1, 0.15) is 23.1 Å². The summed E-state index contributed by atoms with van der Waals surface area (Å²) in [6.45, 7) is 0. The quantitative estimate of drug-likeness (QED) is 0.174. The molecule has 3 nitrogen and oxygen atoms in total. The SMILES string of the molecule is C1=C(c2ccc(-c3ccccc3)cc2)N=C(c2ccc(-c3ccc4sc5ccc6ccccc6c5c4c3)c3oc4ccccc4c23)N=C(c2ccccc2)C1. The average molecular weight is 721 g/mol. The fourth-order valence-corrected chi connectivity index (χ4v) is 9.19. The molecule has 0 aliphatic carbocycles. The van der Waals surface area contributed by atoms with Crippen molar-refractivity contribution in [2.24, 2.45) is 9.98 Å². The van der Waals surface area contributed by atoms with Crippen LogP contribution in [0.25, 0.3) is 80.8 Å². The number of allylic oxidation sites excluding steroid dienone is 1. The number of benzene rings is 8. The number of fused-ring (bicyclic) bond motifs is 8. The maximum absolute atomic E-state index is 6.81. The number of rotatable bonds is 5. The van der Waals surface area contributed by atoms with E-state index in [2.05, 4.69) is 164 Å². The fourth-order valence-electron chi connectivity index (χ4n) is 8.09. The van der Waals surface area contributed by atoms with E-state index in [-0.39, 0.29) is 0 Å². The van der Waals surface area contributed by atoms with Gasteiger partial charge < -0.3 is 4.42 Å². The zero-order valence-corrected chi connectivity index (χ0v) is 30.6. The van der Waals surface area contributed by atoms with E-state index in [9.17, 15) is 0 Å². The van der Waals surface area contributed by atoms with Crippen molar-refractivity contribution >= 4 is 81.5 Å². The van der Waals surface area contributed by atoms with E-state index in [1.54, 1.807) is 0 Å². The Morgan fingerprint density at radius 2 is 1.11 bits per heavy atom. The van der Waals surface area contributed by atoms with Crippen molar-refractivity contribution < 1.29 is 4.42 Å². The lowest BCUT2D eigenvalue weighted by Crippen LogP contribution is -2.05. The minimum absolute atomic E-state index is 0.656. The van der Waals surface area contributed by atoms with E-state index in [1.165, 1.54) is 42.1 Å². The topological polar surface area (TPSA) is 37.9 Å². The second-order valence-corrected chi connectivity index (χ2v) is 15.1. The number of thiophene rings is 1. The summed E-state index contributed by atoms with van der Waals surface area (Å²) in [5.41, 5.74) is 11.2. The molecule has 1 aliphatic rings. The zero-order chi connectivity index (χ0) is 36.3. The first-order valence-corrected chi connectivity index (χ1v) is 19.4. The molecule has 0 fully saturated rings. The number of nitrogens with zero attached hydrogens (tertiary/aromatic N) is 2. The lowest BCUT2D eigenvalue weighted by Gasteiger charge is -2.10. The molecule has 0 atom stereocenters. The summed E-state index contributed by atoms with van der Waals surface area (Å²) < 4.78 is 9.39. The Morgan fingerprint density at radius 1 is 0.455 bits per heavy atom. The predicted molar refractivity (Wildman–Crippen MR) is 234 cm³/mol. The number of para-hydroxylation sites is 1. The van der Waals surface area contributed by atoms with Gasteiger partial charge in [-0.1, -0.05) is 146 Å². The van der Waals surface area contributed by atoms with Gasteiger partial charge in [0.2, 0.25) is 0 Å². The van der Waals surface area contributed by atoms with Crippen LogP contribution in [0.15, 0.2) is 196 Å². The molecule has 11 rings (SSSR count). The van der Waals surface area contributed by atoms with E-state index in [0.29, 0.717) is 12.3 Å². The molecular weight excluding hydrogens is 689 g/mol. The molecule has 4 heteroatoms. The van der Waals surface area contributed by atoms with Crippen molar-refractivity contribution in [3.05, 3.63) is 199 Å². The van der Waals surface area contributed by atoms with Crippen LogP contribution in [0.2, 0.25) is 0 Å². The van der Waals surface area contributed by atoms with E-state index >= 15 is 0 Å². The summed E-state index contributed by atoms with van der Waals surface area (Å²) in [7, 11) is 0. The summed E-state index contributed by atoms with van der Waals surface area (Å²) in [5.74, 6) is 0.670. The van der Waals surface area contributed by atoms with Gasteiger partial charge in [-0.2, -0.15) is 0 Å². The highest BCUT2D eigenvalue weighted by molar-refractivity contribution is 7.26. The molecule has 1 aliphatic heterocycles. The molecule has 0 spiro atoms. The van der Waals surface area contributed by atoms with Crippen LogP contribution in [0, 0.1) is 0 Å². The van der Waals surface area contributed by atoms with Gasteiger partial charge in [-0.3, -0.25) is 0 Å². The number of amidine groups is 1. The third kappa shape index (κ3) is 5.41. The van der Waals surface area contributed by atoms with Crippen LogP contribution in [0.5, 0.6) is 0 Å². The molecule has 8 aromatic carbocycles. The van der Waals surface area contributed by atoms with Crippen LogP contribution < -0.4 is 0 Å². The number of aliphatic imine (C=N–C) groups is 2. The highest BCUT2D eigenvalue weighted by atomic mass is 32.1. The molecule has 0 radical (unpaired) electrons. The summed E-state index contributed by atoms with van der Waals surface area (Å²) in [4.78, 5) is 10.7. The summed E-state index contributed by atoms with van der Waals surface area (Å²) in [6, 6.07) is 62.3. The monoisotopic (exact) mass is 720 g/mol. The summed E-state index contributed by atoms with van der Waals surface area (Å²) in [5, 5.41) is 7.17. The van der Waals surface area contributed by atoms with Gasteiger partial charge in [0.1, 0.15) is 11.2 Å². The van der Waals surface area contributed by atoms with E-state index in [4.69, 9.17) is 14.4 Å². The molecule has 55 heavy (non-hydrogen) atoms. The van der Waals surface area contributed by atoms with Crippen molar-refractivity contribution in [1.82, 2.24) is 0 Å². The van der Waals surface area contributed by atoms with Gasteiger partial charge in [0.15, 0.2) is 5.84 Å². The Labute approximate surface area is 321 Å². The van der Waals surface area contributed by atoms with Crippen LogP contribution in [-0.4, -0.2) is 11.5 Å². The third-order valence-electron chi connectivity index (χ3n) is 10.8. The van der Waals surface area contributed by atoms with Crippen LogP contribution in [-0.2, 0) is 0 Å². The molecule has 0 N–H and O–H groups in total. The summed E-state index contributed by atoms with van der Waals surface area (Å²) in [6.07, 6.45) is 2.86. The first-order valence-electron chi connectivity index (χ1n) is 18.6. The van der Waals surface area contributed by atoms with Gasteiger partial charge in [0, 0.05) is 48.5 Å². The first-order chi connectivity index (χ1) is 27.2. The largest absolute Gasteiger partial charge is 0.455 e. The minimum atomic E-state index is 0.656. The van der Waals surface area contributed by atoms with Crippen LogP contribution in [0.3, 0.4) is 0 Å². The molecule has 0 unspecified atom stereocenters. The van der Waals surface area contributed by atoms with E-state index < -0.39 is 0 Å². The van der Waals surface area contributed by atoms with E-state index in [0.717, 1.165) is 61.2 Å². The molecule has 0 saturated carbocycles. The zero-order valence-electron chi connectivity index (χ0n) is 29.7. The predicted octanol–water partition coefficient (Wildman–Crippen LogP) is 14.1. The smallest absolute Gasteiger partial charge is 0.160 e. The van der Waals surface area contributed by atoms with Crippen LogP contribution in [0.4, 0.5) is 0 Å².